The highest BCUT2D eigenvalue weighted by Crippen LogP contribution is 2.17. The van der Waals surface area contributed by atoms with Crippen LogP contribution in [0.15, 0.2) is 0 Å². The van der Waals surface area contributed by atoms with Crippen molar-refractivity contribution >= 4 is 11.9 Å². The SMILES string of the molecule is CCNCC1CCCN(C(C)C(=O)NC(N)=O)C1. The number of piperidine rings is 1. The van der Waals surface area contributed by atoms with Gasteiger partial charge in [-0.05, 0) is 45.3 Å². The molecule has 6 nitrogen and oxygen atoms in total. The standard InChI is InChI=1S/C12H24N4O2/c1-3-14-7-10-5-4-6-16(8-10)9(2)11(17)15-12(13)18/h9-10,14H,3-8H2,1-2H3,(H3,13,15,17,18). The van der Waals surface area contributed by atoms with Gasteiger partial charge in [-0.25, -0.2) is 4.79 Å². The maximum Gasteiger partial charge on any atom is 0.318 e. The maximum absolute atomic E-state index is 11.7. The monoisotopic (exact) mass is 256 g/mol. The Balaban J connectivity index is 2.44. The van der Waals surface area contributed by atoms with Gasteiger partial charge in [0.15, 0.2) is 0 Å². The highest BCUT2D eigenvalue weighted by Gasteiger charge is 2.27. The summed E-state index contributed by atoms with van der Waals surface area (Å²) in [4.78, 5) is 24.5. The van der Waals surface area contributed by atoms with Gasteiger partial charge in [-0.3, -0.25) is 15.0 Å². The molecule has 0 bridgehead atoms. The minimum Gasteiger partial charge on any atom is -0.351 e. The van der Waals surface area contributed by atoms with Crippen LogP contribution in [-0.2, 0) is 4.79 Å². The summed E-state index contributed by atoms with van der Waals surface area (Å²) < 4.78 is 0. The number of primary amides is 1. The Morgan fingerprint density at radius 2 is 2.22 bits per heavy atom. The lowest BCUT2D eigenvalue weighted by atomic mass is 9.96. The number of nitrogens with zero attached hydrogens (tertiary/aromatic N) is 1. The first-order chi connectivity index (χ1) is 8.54. The van der Waals surface area contributed by atoms with Gasteiger partial charge in [0, 0.05) is 6.54 Å². The second-order valence-electron chi connectivity index (χ2n) is 4.84. The van der Waals surface area contributed by atoms with Crippen molar-refractivity contribution < 1.29 is 9.59 Å². The quantitative estimate of drug-likeness (QED) is 0.640. The van der Waals surface area contributed by atoms with Crippen LogP contribution in [0.2, 0.25) is 0 Å². The van der Waals surface area contributed by atoms with Crippen LogP contribution in [0.3, 0.4) is 0 Å². The van der Waals surface area contributed by atoms with E-state index < -0.39 is 6.03 Å². The molecule has 104 valence electrons. The third-order valence-electron chi connectivity index (χ3n) is 3.41. The van der Waals surface area contributed by atoms with E-state index in [0.29, 0.717) is 5.92 Å². The summed E-state index contributed by atoms with van der Waals surface area (Å²) >= 11 is 0. The molecule has 3 amide bonds. The van der Waals surface area contributed by atoms with Crippen LogP contribution >= 0.6 is 0 Å². The molecule has 0 aromatic carbocycles. The van der Waals surface area contributed by atoms with E-state index in [1.165, 1.54) is 6.42 Å². The van der Waals surface area contributed by atoms with Crippen LogP contribution < -0.4 is 16.4 Å². The highest BCUT2D eigenvalue weighted by atomic mass is 16.2. The van der Waals surface area contributed by atoms with E-state index in [1.807, 2.05) is 6.92 Å². The number of urea groups is 1. The number of carbonyl (C=O) groups excluding carboxylic acids is 2. The molecule has 1 fully saturated rings. The van der Waals surface area contributed by atoms with Crippen molar-refractivity contribution in [2.24, 2.45) is 11.7 Å². The fourth-order valence-corrected chi connectivity index (χ4v) is 2.36. The van der Waals surface area contributed by atoms with Crippen molar-refractivity contribution in [1.29, 1.82) is 0 Å². The van der Waals surface area contributed by atoms with E-state index in [0.717, 1.165) is 32.6 Å². The molecule has 0 aliphatic carbocycles. The molecule has 6 heteroatoms. The third kappa shape index (κ3) is 4.62. The van der Waals surface area contributed by atoms with Crippen molar-refractivity contribution in [1.82, 2.24) is 15.5 Å². The Hall–Kier alpha value is -1.14. The molecule has 0 radical (unpaired) electrons. The molecule has 2 unspecified atom stereocenters. The van der Waals surface area contributed by atoms with E-state index in [1.54, 1.807) is 0 Å². The number of rotatable bonds is 5. The Labute approximate surface area is 108 Å². The summed E-state index contributed by atoms with van der Waals surface area (Å²) in [6, 6.07) is -1.09. The van der Waals surface area contributed by atoms with Gasteiger partial charge in [0.25, 0.3) is 0 Å². The van der Waals surface area contributed by atoms with Crippen molar-refractivity contribution in [3.63, 3.8) is 0 Å². The zero-order valence-electron chi connectivity index (χ0n) is 11.2. The predicted octanol–water partition coefficient (Wildman–Crippen LogP) is -0.109. The van der Waals surface area contributed by atoms with Crippen molar-refractivity contribution in [3.8, 4) is 0 Å². The first-order valence-electron chi connectivity index (χ1n) is 6.59. The van der Waals surface area contributed by atoms with Crippen molar-refractivity contribution in [2.45, 2.75) is 32.7 Å². The molecule has 1 rings (SSSR count). The van der Waals surface area contributed by atoms with Gasteiger partial charge in [-0.1, -0.05) is 6.92 Å². The third-order valence-corrected chi connectivity index (χ3v) is 3.41. The van der Waals surface area contributed by atoms with Gasteiger partial charge in [-0.15, -0.1) is 0 Å². The summed E-state index contributed by atoms with van der Waals surface area (Å²) in [5.74, 6) is 0.258. The van der Waals surface area contributed by atoms with Gasteiger partial charge in [-0.2, -0.15) is 0 Å². The lowest BCUT2D eigenvalue weighted by Crippen LogP contribution is -2.52. The van der Waals surface area contributed by atoms with E-state index in [-0.39, 0.29) is 11.9 Å². The first-order valence-corrected chi connectivity index (χ1v) is 6.59. The van der Waals surface area contributed by atoms with Gasteiger partial charge in [0.05, 0.1) is 6.04 Å². The molecule has 1 heterocycles. The van der Waals surface area contributed by atoms with Crippen LogP contribution in [0.5, 0.6) is 0 Å². The molecule has 2 atom stereocenters. The fraction of sp³-hybridized carbons (Fsp3) is 0.833. The van der Waals surface area contributed by atoms with Gasteiger partial charge < -0.3 is 11.1 Å². The normalized spacial score (nSPS) is 22.4. The largest absolute Gasteiger partial charge is 0.351 e. The topological polar surface area (TPSA) is 87.5 Å². The lowest BCUT2D eigenvalue weighted by Gasteiger charge is -2.36. The zero-order chi connectivity index (χ0) is 13.5. The van der Waals surface area contributed by atoms with Crippen LogP contribution in [0.1, 0.15) is 26.7 Å². The average Bonchev–Trinajstić information content (AvgIpc) is 2.35. The summed E-state index contributed by atoms with van der Waals surface area (Å²) in [5.41, 5.74) is 4.95. The summed E-state index contributed by atoms with van der Waals surface area (Å²) in [5, 5.41) is 5.48. The second-order valence-corrected chi connectivity index (χ2v) is 4.84. The molecule has 18 heavy (non-hydrogen) atoms. The number of imide groups is 1. The summed E-state index contributed by atoms with van der Waals surface area (Å²) in [7, 11) is 0. The average molecular weight is 256 g/mol. The first kappa shape index (κ1) is 14.9. The molecule has 0 aromatic rings. The minimum atomic E-state index is -0.784. The molecular formula is C12H24N4O2. The van der Waals surface area contributed by atoms with E-state index in [4.69, 9.17) is 5.73 Å². The van der Waals surface area contributed by atoms with Crippen LogP contribution in [0, 0.1) is 5.92 Å². The smallest absolute Gasteiger partial charge is 0.318 e. The maximum atomic E-state index is 11.7. The Kier molecular flexibility index (Phi) is 6.07. The Bertz CT molecular complexity index is 296. The molecule has 1 saturated heterocycles. The van der Waals surface area contributed by atoms with E-state index >= 15 is 0 Å². The zero-order valence-corrected chi connectivity index (χ0v) is 11.2. The number of nitrogens with one attached hydrogen (secondary N) is 2. The summed E-state index contributed by atoms with van der Waals surface area (Å²) in [6.45, 7) is 7.64. The van der Waals surface area contributed by atoms with Crippen molar-refractivity contribution in [2.75, 3.05) is 26.2 Å². The molecule has 0 aromatic heterocycles. The Morgan fingerprint density at radius 3 is 2.83 bits per heavy atom. The molecule has 1 aliphatic heterocycles. The predicted molar refractivity (Wildman–Crippen MR) is 70.0 cm³/mol. The van der Waals surface area contributed by atoms with E-state index in [9.17, 15) is 9.59 Å². The van der Waals surface area contributed by atoms with Gasteiger partial charge in [0.1, 0.15) is 0 Å². The number of nitrogens with two attached hydrogens (primary N) is 1. The van der Waals surface area contributed by atoms with Crippen LogP contribution in [-0.4, -0.2) is 49.1 Å². The molecule has 4 N–H and O–H groups in total. The van der Waals surface area contributed by atoms with E-state index in [2.05, 4.69) is 22.5 Å². The van der Waals surface area contributed by atoms with Crippen molar-refractivity contribution in [3.05, 3.63) is 0 Å². The molecule has 0 spiro atoms. The number of likely N-dealkylation sites (tertiary alicyclic amines) is 1. The second kappa shape index (κ2) is 7.33. The highest BCUT2D eigenvalue weighted by molar-refractivity contribution is 5.96. The van der Waals surface area contributed by atoms with Gasteiger partial charge in [0.2, 0.25) is 5.91 Å². The molecular weight excluding hydrogens is 232 g/mol. The molecule has 0 saturated carbocycles. The molecule has 1 aliphatic rings. The number of carbonyl (C=O) groups is 2. The number of hydrogen-bond donors (Lipinski definition) is 3. The fourth-order valence-electron chi connectivity index (χ4n) is 2.36. The Morgan fingerprint density at radius 1 is 1.50 bits per heavy atom. The number of amides is 3. The summed E-state index contributed by atoms with van der Waals surface area (Å²) in [6.07, 6.45) is 2.28. The lowest BCUT2D eigenvalue weighted by molar-refractivity contribution is -0.125. The van der Waals surface area contributed by atoms with Crippen LogP contribution in [0.25, 0.3) is 0 Å². The number of hydrogen-bond acceptors (Lipinski definition) is 4. The van der Waals surface area contributed by atoms with Gasteiger partial charge >= 0.3 is 6.03 Å². The minimum absolute atomic E-state index is 0.304. The van der Waals surface area contributed by atoms with Crippen LogP contribution in [0.4, 0.5) is 4.79 Å².